The normalized spacial score (nSPS) is 21.0. The molecule has 0 saturated carbocycles. The van der Waals surface area contributed by atoms with E-state index in [4.69, 9.17) is 58.5 Å². The molecular formula is C33H30Cl3N3O7. The maximum atomic E-state index is 12.9. The number of hydrogen-bond acceptors (Lipinski definition) is 8. The molecule has 46 heavy (non-hydrogen) atoms. The fraction of sp³-hybridized carbons (Fsp3) is 0.303. The highest BCUT2D eigenvalue weighted by Crippen LogP contribution is 2.45. The van der Waals surface area contributed by atoms with E-state index in [1.54, 1.807) is 21.1 Å². The van der Waals surface area contributed by atoms with E-state index in [9.17, 15) is 9.59 Å². The second-order valence-electron chi connectivity index (χ2n) is 10.9. The lowest BCUT2D eigenvalue weighted by Gasteiger charge is -2.37. The molecular weight excluding hydrogens is 657 g/mol. The van der Waals surface area contributed by atoms with Crippen LogP contribution in [0.15, 0.2) is 99.6 Å². The first-order chi connectivity index (χ1) is 22.0. The Morgan fingerprint density at radius 2 is 1.43 bits per heavy atom. The van der Waals surface area contributed by atoms with Crippen LogP contribution in [0.5, 0.6) is 11.5 Å². The summed E-state index contributed by atoms with van der Waals surface area (Å²) in [6.45, 7) is 1.55. The first-order valence-electron chi connectivity index (χ1n) is 14.3. The number of aromatic amines is 1. The van der Waals surface area contributed by atoms with Crippen LogP contribution in [0.25, 0.3) is 0 Å². The standard InChI is InChI=1S/C33H30Cl3N3O7/c1-19-17-39(31(41)38-28(19)40)29-26-27(46-30(37-26)33(34,35)36)25(45-29)18-44-32(20-7-5-4-6-8-20,21-9-13-23(42-2)14-10-21)22-11-15-24(43-3)16-12-22/h4-17,25-27,29H,18H2,1-3H3,(H,38,40,41)/t25-,26-,27-,29-/m1/s1. The molecule has 10 nitrogen and oxygen atoms in total. The van der Waals surface area contributed by atoms with E-state index < -0.39 is 45.1 Å². The number of fused-ring (bicyclic) bond motifs is 1. The Bertz CT molecular complexity index is 1790. The molecule has 2 aliphatic rings. The van der Waals surface area contributed by atoms with E-state index >= 15 is 0 Å². The Labute approximate surface area is 279 Å². The molecule has 0 spiro atoms. The molecule has 0 radical (unpaired) electrons. The van der Waals surface area contributed by atoms with E-state index in [-0.39, 0.29) is 12.5 Å². The van der Waals surface area contributed by atoms with Crippen LogP contribution in [-0.2, 0) is 19.8 Å². The van der Waals surface area contributed by atoms with Crippen LogP contribution in [0.1, 0.15) is 28.5 Å². The lowest BCUT2D eigenvalue weighted by atomic mass is 9.80. The molecule has 1 fully saturated rings. The van der Waals surface area contributed by atoms with E-state index in [1.807, 2.05) is 78.9 Å². The lowest BCUT2D eigenvalue weighted by Crippen LogP contribution is -2.40. The summed E-state index contributed by atoms with van der Waals surface area (Å²) in [7, 11) is 3.21. The van der Waals surface area contributed by atoms with E-state index in [1.165, 1.54) is 10.8 Å². The number of rotatable bonds is 9. The zero-order valence-electron chi connectivity index (χ0n) is 25.0. The number of alkyl halides is 3. The number of nitrogens with zero attached hydrogens (tertiary/aromatic N) is 2. The molecule has 0 aliphatic carbocycles. The van der Waals surface area contributed by atoms with Crippen molar-refractivity contribution in [2.24, 2.45) is 4.99 Å². The second kappa shape index (κ2) is 12.8. The van der Waals surface area contributed by atoms with Gasteiger partial charge in [0.2, 0.25) is 5.90 Å². The van der Waals surface area contributed by atoms with E-state index in [0.29, 0.717) is 17.1 Å². The fourth-order valence-corrected chi connectivity index (χ4v) is 6.14. The Hall–Kier alpha value is -3.80. The molecule has 13 heteroatoms. The monoisotopic (exact) mass is 685 g/mol. The second-order valence-corrected chi connectivity index (χ2v) is 13.1. The Morgan fingerprint density at radius 1 is 0.870 bits per heavy atom. The topological polar surface area (TPSA) is 113 Å². The molecule has 0 amide bonds. The minimum atomic E-state index is -1.95. The summed E-state index contributed by atoms with van der Waals surface area (Å²) in [5.41, 5.74) is 0.451. The van der Waals surface area contributed by atoms with Crippen LogP contribution >= 0.6 is 34.8 Å². The zero-order chi connectivity index (χ0) is 32.6. The Balaban J connectivity index is 1.44. The van der Waals surface area contributed by atoms with Gasteiger partial charge in [0.15, 0.2) is 12.3 Å². The van der Waals surface area contributed by atoms with Crippen molar-refractivity contribution < 1.29 is 23.7 Å². The first kappa shape index (κ1) is 32.2. The molecule has 240 valence electrons. The van der Waals surface area contributed by atoms with Crippen LogP contribution in [0, 0.1) is 6.92 Å². The Kier molecular flexibility index (Phi) is 8.93. The van der Waals surface area contributed by atoms with Crippen molar-refractivity contribution in [3.63, 3.8) is 0 Å². The van der Waals surface area contributed by atoms with Crippen LogP contribution < -0.4 is 20.7 Å². The largest absolute Gasteiger partial charge is 0.497 e. The molecule has 2 aliphatic heterocycles. The smallest absolute Gasteiger partial charge is 0.330 e. The number of aryl methyl sites for hydroxylation is 1. The minimum absolute atomic E-state index is 0.0373. The molecule has 1 aromatic heterocycles. The van der Waals surface area contributed by atoms with Crippen molar-refractivity contribution in [3.05, 3.63) is 128 Å². The lowest BCUT2D eigenvalue weighted by molar-refractivity contribution is -0.0939. The van der Waals surface area contributed by atoms with Gasteiger partial charge in [-0.3, -0.25) is 14.3 Å². The van der Waals surface area contributed by atoms with Gasteiger partial charge in [0, 0.05) is 11.8 Å². The number of aliphatic imine (C=N–C) groups is 1. The molecule has 3 aromatic carbocycles. The minimum Gasteiger partial charge on any atom is -0.497 e. The average molecular weight is 687 g/mol. The van der Waals surface area contributed by atoms with Crippen LogP contribution in [0.2, 0.25) is 0 Å². The summed E-state index contributed by atoms with van der Waals surface area (Å²) in [6.07, 6.45) is -1.14. The van der Waals surface area contributed by atoms with Crippen molar-refractivity contribution in [2.75, 3.05) is 20.8 Å². The van der Waals surface area contributed by atoms with Crippen LogP contribution in [0.3, 0.4) is 0 Å². The molecule has 1 saturated heterocycles. The van der Waals surface area contributed by atoms with Crippen LogP contribution in [-0.4, -0.2) is 58.3 Å². The third-order valence-electron chi connectivity index (χ3n) is 8.12. The highest BCUT2D eigenvalue weighted by molar-refractivity contribution is 6.76. The third kappa shape index (κ3) is 5.91. The fourth-order valence-electron chi connectivity index (χ4n) is 5.86. The third-order valence-corrected chi connectivity index (χ3v) is 8.61. The molecule has 1 N–H and O–H groups in total. The SMILES string of the molecule is COc1ccc(C(OC[C@H]2O[C@@H](n3cc(C)c(=O)[nH]c3=O)[C@@H]3N=C(C(Cl)(Cl)Cl)O[C@@H]32)(c2ccccc2)c2ccc(OC)cc2)cc1. The van der Waals surface area contributed by atoms with Crippen molar-refractivity contribution in [1.82, 2.24) is 9.55 Å². The van der Waals surface area contributed by atoms with E-state index in [0.717, 1.165) is 16.7 Å². The quantitative estimate of drug-likeness (QED) is 0.188. The maximum absolute atomic E-state index is 12.9. The molecule has 3 heterocycles. The van der Waals surface area contributed by atoms with Gasteiger partial charge < -0.3 is 23.7 Å². The summed E-state index contributed by atoms with van der Waals surface area (Å²) in [6, 6.07) is 24.2. The first-order valence-corrected chi connectivity index (χ1v) is 15.5. The van der Waals surface area contributed by atoms with E-state index in [2.05, 4.69) is 9.98 Å². The zero-order valence-corrected chi connectivity index (χ0v) is 27.3. The number of H-pyrrole nitrogens is 1. The van der Waals surface area contributed by atoms with Gasteiger partial charge >= 0.3 is 5.69 Å². The average Bonchev–Trinajstić information content (AvgIpc) is 3.65. The van der Waals surface area contributed by atoms with Gasteiger partial charge in [0.05, 0.1) is 20.8 Å². The highest BCUT2D eigenvalue weighted by Gasteiger charge is 2.55. The molecule has 0 bridgehead atoms. The maximum Gasteiger partial charge on any atom is 0.330 e. The predicted octanol–water partition coefficient (Wildman–Crippen LogP) is 5.30. The van der Waals surface area contributed by atoms with Gasteiger partial charge in [-0.05, 0) is 47.9 Å². The summed E-state index contributed by atoms with van der Waals surface area (Å²) < 4.78 is 29.7. The summed E-state index contributed by atoms with van der Waals surface area (Å²) >= 11 is 18.5. The number of nitrogens with one attached hydrogen (secondary N) is 1. The number of halogens is 3. The van der Waals surface area contributed by atoms with Gasteiger partial charge in [0.1, 0.15) is 29.2 Å². The van der Waals surface area contributed by atoms with Gasteiger partial charge in [0.25, 0.3) is 9.35 Å². The number of ether oxygens (including phenoxy) is 5. The van der Waals surface area contributed by atoms with Gasteiger partial charge in [-0.1, -0.05) is 89.4 Å². The van der Waals surface area contributed by atoms with Gasteiger partial charge in [-0.25, -0.2) is 9.79 Å². The number of benzene rings is 3. The highest BCUT2D eigenvalue weighted by atomic mass is 35.6. The van der Waals surface area contributed by atoms with Crippen molar-refractivity contribution in [3.8, 4) is 11.5 Å². The number of hydrogen-bond donors (Lipinski definition) is 1. The summed E-state index contributed by atoms with van der Waals surface area (Å²) in [4.78, 5) is 31.9. The van der Waals surface area contributed by atoms with Gasteiger partial charge in [-0.15, -0.1) is 0 Å². The molecule has 0 unspecified atom stereocenters. The summed E-state index contributed by atoms with van der Waals surface area (Å²) in [5.74, 6) is 1.24. The summed E-state index contributed by atoms with van der Waals surface area (Å²) in [5, 5.41) is 0. The predicted molar refractivity (Wildman–Crippen MR) is 175 cm³/mol. The molecule has 4 aromatic rings. The van der Waals surface area contributed by atoms with Crippen molar-refractivity contribution >= 4 is 40.7 Å². The van der Waals surface area contributed by atoms with Crippen molar-refractivity contribution in [1.29, 1.82) is 0 Å². The number of aromatic nitrogens is 2. The Morgan fingerprint density at radius 3 is 1.98 bits per heavy atom. The molecule has 4 atom stereocenters. The van der Waals surface area contributed by atoms with Crippen LogP contribution in [0.4, 0.5) is 0 Å². The van der Waals surface area contributed by atoms with Crippen molar-refractivity contribution in [2.45, 2.75) is 40.8 Å². The number of methoxy groups -OCH3 is 2. The van der Waals surface area contributed by atoms with Gasteiger partial charge in [-0.2, -0.15) is 0 Å². The molecule has 6 rings (SSSR count).